The lowest BCUT2D eigenvalue weighted by Gasteiger charge is -2.27. The van der Waals surface area contributed by atoms with Crippen molar-refractivity contribution in [2.24, 2.45) is 0 Å². The molecule has 1 N–H and O–H groups in total. The highest BCUT2D eigenvalue weighted by atomic mass is 35.5. The number of phenolic OH excluding ortho intramolecular Hbond substituents is 1. The molecule has 1 heterocycles. The highest BCUT2D eigenvalue weighted by Crippen LogP contribution is 2.54. The van der Waals surface area contributed by atoms with Crippen molar-refractivity contribution in [2.45, 2.75) is 39.2 Å². The van der Waals surface area contributed by atoms with E-state index in [-0.39, 0.29) is 50.1 Å². The molecule has 0 saturated carbocycles. The zero-order valence-corrected chi connectivity index (χ0v) is 20.2. The average Bonchev–Trinajstić information content (AvgIpc) is 2.73. The molecular formula is C21H20Cl4O6. The molecule has 0 unspecified atom stereocenters. The summed E-state index contributed by atoms with van der Waals surface area (Å²) < 4.78 is 22.3. The van der Waals surface area contributed by atoms with E-state index in [2.05, 4.69) is 0 Å². The van der Waals surface area contributed by atoms with E-state index in [4.69, 9.17) is 65.4 Å². The number of fused-ring (bicyclic) bond motifs is 1. The third kappa shape index (κ3) is 4.07. The minimum Gasteiger partial charge on any atom is -0.505 e. The van der Waals surface area contributed by atoms with E-state index in [1.165, 1.54) is 14.2 Å². The topological polar surface area (TPSA) is 74.2 Å². The van der Waals surface area contributed by atoms with Gasteiger partial charge in [-0.25, -0.2) is 4.79 Å². The Labute approximate surface area is 199 Å². The lowest BCUT2D eigenvalue weighted by Crippen LogP contribution is -2.26. The van der Waals surface area contributed by atoms with E-state index in [1.807, 2.05) is 6.92 Å². The maximum absolute atomic E-state index is 12.7. The van der Waals surface area contributed by atoms with Crippen LogP contribution in [0.25, 0.3) is 0 Å². The van der Waals surface area contributed by atoms with E-state index in [1.54, 1.807) is 6.92 Å². The Bertz CT molecular complexity index is 1050. The number of carbonyl (C=O) groups excluding carboxylic acids is 1. The van der Waals surface area contributed by atoms with Crippen molar-refractivity contribution in [1.29, 1.82) is 0 Å². The number of cyclic esters (lactones) is 1. The summed E-state index contributed by atoms with van der Waals surface area (Å²) in [4.78, 5) is 12.7. The monoisotopic (exact) mass is 508 g/mol. The van der Waals surface area contributed by atoms with Crippen molar-refractivity contribution in [3.8, 4) is 28.7 Å². The van der Waals surface area contributed by atoms with Gasteiger partial charge in [-0.3, -0.25) is 0 Å². The molecule has 1 aliphatic heterocycles. The first-order valence-electron chi connectivity index (χ1n) is 9.41. The fourth-order valence-corrected chi connectivity index (χ4v) is 4.75. The third-order valence-electron chi connectivity index (χ3n) is 4.87. The second-order valence-corrected chi connectivity index (χ2v) is 8.45. The Balaban J connectivity index is 2.31. The zero-order chi connectivity index (χ0) is 23.0. The summed E-state index contributed by atoms with van der Waals surface area (Å²) in [6, 6.07) is 0. The number of halogens is 4. The van der Waals surface area contributed by atoms with Crippen LogP contribution in [0.3, 0.4) is 0 Å². The molecule has 0 aromatic heterocycles. The molecule has 0 saturated heterocycles. The number of carbonyl (C=O) groups is 1. The number of hydrogen-bond acceptors (Lipinski definition) is 6. The molecule has 2 aromatic rings. The van der Waals surface area contributed by atoms with Crippen LogP contribution in [0.2, 0.25) is 20.1 Å². The van der Waals surface area contributed by atoms with Crippen LogP contribution in [0.5, 0.6) is 28.7 Å². The van der Waals surface area contributed by atoms with Crippen molar-refractivity contribution >= 4 is 52.4 Å². The molecule has 0 bridgehead atoms. The number of esters is 1. The van der Waals surface area contributed by atoms with Gasteiger partial charge in [0.25, 0.3) is 0 Å². The van der Waals surface area contributed by atoms with Crippen LogP contribution in [-0.4, -0.2) is 31.4 Å². The van der Waals surface area contributed by atoms with Gasteiger partial charge in [0.1, 0.15) is 21.7 Å². The van der Waals surface area contributed by atoms with Gasteiger partial charge in [0, 0.05) is 12.0 Å². The van der Waals surface area contributed by atoms with Gasteiger partial charge in [0.05, 0.1) is 24.3 Å². The predicted octanol–water partition coefficient (Wildman–Crippen LogP) is 6.87. The molecule has 0 aliphatic carbocycles. The van der Waals surface area contributed by atoms with Crippen LogP contribution in [-0.2, 0) is 17.6 Å². The van der Waals surface area contributed by atoms with E-state index >= 15 is 0 Å². The standard InChI is InChI=1S/C21H20Cl4O6/c1-5-6-9-13(23)19(29-4)15(25)20(17(9)28-3)31-18-11-10(7-8(2)30-21(11)27)12(22)16(26)14(18)24/h8,26H,5-7H2,1-4H3/t8-/m1/s1. The molecule has 0 fully saturated rings. The Kier molecular flexibility index (Phi) is 7.26. The Morgan fingerprint density at radius 3 is 2.19 bits per heavy atom. The van der Waals surface area contributed by atoms with Gasteiger partial charge in [-0.1, -0.05) is 59.7 Å². The molecule has 0 spiro atoms. The summed E-state index contributed by atoms with van der Waals surface area (Å²) in [5.41, 5.74) is 0.990. The van der Waals surface area contributed by atoms with Gasteiger partial charge >= 0.3 is 5.97 Å². The minimum atomic E-state index is -0.683. The van der Waals surface area contributed by atoms with Crippen molar-refractivity contribution in [3.63, 3.8) is 0 Å². The number of ether oxygens (including phenoxy) is 4. The molecule has 31 heavy (non-hydrogen) atoms. The van der Waals surface area contributed by atoms with Crippen molar-refractivity contribution in [1.82, 2.24) is 0 Å². The smallest absolute Gasteiger partial charge is 0.342 e. The molecule has 0 radical (unpaired) electrons. The summed E-state index contributed by atoms with van der Waals surface area (Å²) in [6.07, 6.45) is 1.14. The van der Waals surface area contributed by atoms with E-state index in [9.17, 15) is 9.90 Å². The molecule has 0 amide bonds. The van der Waals surface area contributed by atoms with Crippen molar-refractivity contribution in [2.75, 3.05) is 14.2 Å². The third-order valence-corrected chi connectivity index (χ3v) is 6.37. The van der Waals surface area contributed by atoms with Crippen LogP contribution in [0.1, 0.15) is 41.8 Å². The van der Waals surface area contributed by atoms with Crippen LogP contribution in [0.15, 0.2) is 0 Å². The first-order chi connectivity index (χ1) is 14.7. The predicted molar refractivity (Wildman–Crippen MR) is 120 cm³/mol. The number of aromatic hydroxyl groups is 1. The highest BCUT2D eigenvalue weighted by Gasteiger charge is 2.35. The van der Waals surface area contributed by atoms with Gasteiger partial charge in [0.2, 0.25) is 0 Å². The number of benzene rings is 2. The Morgan fingerprint density at radius 1 is 0.968 bits per heavy atom. The van der Waals surface area contributed by atoms with Gasteiger partial charge in [0.15, 0.2) is 28.7 Å². The summed E-state index contributed by atoms with van der Waals surface area (Å²) in [6.45, 7) is 3.68. The average molecular weight is 510 g/mol. The fraction of sp³-hybridized carbons (Fsp3) is 0.381. The van der Waals surface area contributed by atoms with Crippen molar-refractivity contribution < 1.29 is 28.8 Å². The number of methoxy groups -OCH3 is 2. The van der Waals surface area contributed by atoms with E-state index in [0.29, 0.717) is 22.6 Å². The highest BCUT2D eigenvalue weighted by molar-refractivity contribution is 6.40. The Hall–Kier alpha value is -1.73. The molecule has 6 nitrogen and oxygen atoms in total. The summed E-state index contributed by atoms with van der Waals surface area (Å²) in [5, 5.41) is 10.5. The lowest BCUT2D eigenvalue weighted by molar-refractivity contribution is 0.0297. The lowest BCUT2D eigenvalue weighted by atomic mass is 9.97. The summed E-state index contributed by atoms with van der Waals surface area (Å²) in [5.74, 6) is -0.772. The maximum atomic E-state index is 12.7. The normalized spacial score (nSPS) is 15.4. The summed E-state index contributed by atoms with van der Waals surface area (Å²) >= 11 is 25.6. The van der Waals surface area contributed by atoms with Crippen LogP contribution in [0, 0.1) is 0 Å². The van der Waals surface area contributed by atoms with E-state index in [0.717, 1.165) is 6.42 Å². The number of hydrogen-bond donors (Lipinski definition) is 1. The van der Waals surface area contributed by atoms with Crippen molar-refractivity contribution in [3.05, 3.63) is 36.8 Å². The zero-order valence-electron chi connectivity index (χ0n) is 17.2. The van der Waals surface area contributed by atoms with Crippen LogP contribution in [0.4, 0.5) is 0 Å². The first-order valence-corrected chi connectivity index (χ1v) is 10.9. The van der Waals surface area contributed by atoms with Crippen LogP contribution < -0.4 is 14.2 Å². The quantitative estimate of drug-likeness (QED) is 0.428. The van der Waals surface area contributed by atoms with Gasteiger partial charge in [-0.05, 0) is 18.9 Å². The van der Waals surface area contributed by atoms with Gasteiger partial charge < -0.3 is 24.1 Å². The number of phenols is 1. The van der Waals surface area contributed by atoms with E-state index < -0.39 is 17.8 Å². The van der Waals surface area contributed by atoms with Gasteiger partial charge in [-0.2, -0.15) is 0 Å². The molecule has 2 aromatic carbocycles. The molecular weight excluding hydrogens is 490 g/mol. The SMILES string of the molecule is CCCc1c(Cl)c(OC)c(Cl)c(Oc2c(Cl)c(O)c(Cl)c3c2C(=O)O[C@H](C)C3)c1OC. The first kappa shape index (κ1) is 23.9. The molecule has 168 valence electrons. The summed E-state index contributed by atoms with van der Waals surface area (Å²) in [7, 11) is 2.85. The minimum absolute atomic E-state index is 0.00924. The van der Waals surface area contributed by atoms with Crippen LogP contribution >= 0.6 is 46.4 Å². The largest absolute Gasteiger partial charge is 0.505 e. The molecule has 1 atom stereocenters. The second kappa shape index (κ2) is 9.41. The molecule has 10 heteroatoms. The fourth-order valence-electron chi connectivity index (χ4n) is 3.51. The van der Waals surface area contributed by atoms with Gasteiger partial charge in [-0.15, -0.1) is 0 Å². The number of rotatable bonds is 6. The maximum Gasteiger partial charge on any atom is 0.342 e. The second-order valence-electron chi connectivity index (χ2n) is 6.93. The molecule has 1 aliphatic rings. The Morgan fingerprint density at radius 2 is 1.61 bits per heavy atom. The molecule has 3 rings (SSSR count).